The van der Waals surface area contributed by atoms with Crippen LogP contribution in [-0.4, -0.2) is 99.0 Å². The van der Waals surface area contributed by atoms with Crippen LogP contribution < -0.4 is 16.8 Å². The summed E-state index contributed by atoms with van der Waals surface area (Å²) in [7, 11) is 0. The summed E-state index contributed by atoms with van der Waals surface area (Å²) in [4.78, 5) is 32.3. The highest BCUT2D eigenvalue weighted by atomic mass is 16.4. The Balaban J connectivity index is 1.95. The number of carboxylic acid groups (broad SMARTS) is 2. The zero-order valence-corrected chi connectivity index (χ0v) is 16.9. The van der Waals surface area contributed by atoms with Crippen molar-refractivity contribution in [2.75, 3.05) is 19.6 Å². The van der Waals surface area contributed by atoms with Crippen molar-refractivity contribution in [1.82, 2.24) is 10.2 Å². The number of hydrogen-bond acceptors (Lipinski definition) is 8. The smallest absolute Gasteiger partial charge is 0.320 e. The third-order valence-corrected chi connectivity index (χ3v) is 5.25. The first-order valence-electron chi connectivity index (χ1n) is 10.2. The highest BCUT2D eigenvalue weighted by Gasteiger charge is 2.37. The van der Waals surface area contributed by atoms with Gasteiger partial charge in [-0.2, -0.15) is 4.99 Å². The van der Waals surface area contributed by atoms with Crippen LogP contribution in [0.2, 0.25) is 0 Å². The van der Waals surface area contributed by atoms with Gasteiger partial charge in [-0.1, -0.05) is 0 Å². The summed E-state index contributed by atoms with van der Waals surface area (Å²) in [6.45, 7) is 1.11. The lowest BCUT2D eigenvalue weighted by atomic mass is 10.1. The molecule has 2 aliphatic rings. The van der Waals surface area contributed by atoms with Gasteiger partial charge in [0.05, 0.1) is 18.2 Å². The molecular weight excluding hydrogens is 397 g/mol. The van der Waals surface area contributed by atoms with Crippen molar-refractivity contribution in [1.29, 1.82) is 0 Å². The van der Waals surface area contributed by atoms with E-state index in [1.165, 1.54) is 0 Å². The molecule has 0 aliphatic carbocycles. The maximum atomic E-state index is 10.8. The summed E-state index contributed by atoms with van der Waals surface area (Å²) in [5.74, 6) is -0.996. The third kappa shape index (κ3) is 6.90. The van der Waals surface area contributed by atoms with Crippen LogP contribution >= 0.6 is 0 Å². The van der Waals surface area contributed by atoms with E-state index >= 15 is 0 Å². The van der Waals surface area contributed by atoms with Crippen molar-refractivity contribution in [3.63, 3.8) is 0 Å². The number of aliphatic hydroxyl groups is 2. The first kappa shape index (κ1) is 24.0. The molecule has 2 rings (SSSR count). The zero-order chi connectivity index (χ0) is 22.3. The largest absolute Gasteiger partial charge is 0.480 e. The van der Waals surface area contributed by atoms with Gasteiger partial charge in [0.25, 0.3) is 0 Å². The van der Waals surface area contributed by atoms with Gasteiger partial charge in [0.1, 0.15) is 17.9 Å². The molecule has 1 fully saturated rings. The number of aliphatic imine (C=N–C) groups is 2. The van der Waals surface area contributed by atoms with Crippen LogP contribution in [0.4, 0.5) is 0 Å². The van der Waals surface area contributed by atoms with Crippen molar-refractivity contribution in [3.8, 4) is 0 Å². The molecule has 0 amide bonds. The number of unbranched alkanes of at least 4 members (excludes halogenated alkanes) is 1. The number of aliphatic carboxylic acids is 2. The molecule has 0 radical (unpaired) electrons. The summed E-state index contributed by atoms with van der Waals surface area (Å²) < 4.78 is 0. The number of hydrogen-bond donors (Lipinski definition) is 7. The van der Waals surface area contributed by atoms with Gasteiger partial charge in [0.15, 0.2) is 0 Å². The van der Waals surface area contributed by atoms with Gasteiger partial charge in [-0.05, 0) is 32.1 Å². The molecule has 0 spiro atoms. The first-order valence-corrected chi connectivity index (χ1v) is 10.2. The third-order valence-electron chi connectivity index (χ3n) is 5.25. The van der Waals surface area contributed by atoms with Crippen LogP contribution in [0.3, 0.4) is 0 Å². The number of β-amino-alcohol motifs (C(OH)–C–C–N with tert-alkyl or cyclic N) is 1. The number of guanidine groups is 1. The molecule has 2 aliphatic heterocycles. The molecule has 170 valence electrons. The second-order valence-electron chi connectivity index (χ2n) is 7.72. The molecule has 0 aromatic heterocycles. The number of fused-ring (bicyclic) bond motifs is 1. The minimum atomic E-state index is -1.04. The number of carboxylic acids is 2. The highest BCUT2D eigenvalue weighted by molar-refractivity contribution is 6.05. The van der Waals surface area contributed by atoms with Gasteiger partial charge in [-0.15, -0.1) is 0 Å². The number of carbonyl (C=O) groups is 2. The maximum absolute atomic E-state index is 10.8. The van der Waals surface area contributed by atoms with Gasteiger partial charge >= 0.3 is 11.9 Å². The van der Waals surface area contributed by atoms with E-state index in [-0.39, 0.29) is 19.0 Å². The summed E-state index contributed by atoms with van der Waals surface area (Å²) in [6, 6.07) is -2.10. The van der Waals surface area contributed by atoms with E-state index in [2.05, 4.69) is 15.3 Å². The van der Waals surface area contributed by atoms with Gasteiger partial charge in [0, 0.05) is 26.1 Å². The molecule has 12 heteroatoms. The van der Waals surface area contributed by atoms with Gasteiger partial charge in [-0.25, -0.2) is 0 Å². The van der Waals surface area contributed by atoms with E-state index in [0.717, 1.165) is 0 Å². The predicted octanol–water partition coefficient (Wildman–Crippen LogP) is -2.09. The Morgan fingerprint density at radius 2 is 1.73 bits per heavy atom. The fraction of sp³-hybridized carbons (Fsp3) is 0.778. The van der Waals surface area contributed by atoms with Crippen LogP contribution in [-0.2, 0) is 9.59 Å². The maximum Gasteiger partial charge on any atom is 0.320 e. The van der Waals surface area contributed by atoms with Gasteiger partial charge < -0.3 is 42.1 Å². The number of aliphatic hydroxyl groups excluding tert-OH is 2. The van der Waals surface area contributed by atoms with Gasteiger partial charge in [-0.3, -0.25) is 14.6 Å². The monoisotopic (exact) mass is 429 g/mol. The standard InChI is InChI=1S/C18H32N6O6/c19-10(16(27)28)4-1-2-7-24-9-14(26)13(25)8-12-15(24)23-18(22-12)21-6-3-5-11(20)17(29)30/h10-14,25-26H,1-9,19-20H2,(H,21,22)(H,27,28)(H,29,30)/t10?,11?,12-,13+,14+/m1/s1/i9+1. The molecule has 0 bridgehead atoms. The van der Waals surface area contributed by atoms with Crippen LogP contribution in [0.25, 0.3) is 0 Å². The number of nitrogens with one attached hydrogen (secondary N) is 1. The molecular formula is C18H32N6O6. The Labute approximate surface area is 174 Å². The molecule has 30 heavy (non-hydrogen) atoms. The lowest BCUT2D eigenvalue weighted by Gasteiger charge is -2.26. The molecule has 9 N–H and O–H groups in total. The fourth-order valence-corrected chi connectivity index (χ4v) is 3.43. The highest BCUT2D eigenvalue weighted by Crippen LogP contribution is 2.19. The van der Waals surface area contributed by atoms with E-state index in [9.17, 15) is 19.8 Å². The Hall–Kier alpha value is -2.28. The van der Waals surface area contributed by atoms with E-state index in [1.54, 1.807) is 0 Å². The quantitative estimate of drug-likeness (QED) is 0.141. The summed E-state index contributed by atoms with van der Waals surface area (Å²) >= 11 is 0. The normalized spacial score (nSPS) is 27.1. The Kier molecular flexibility index (Phi) is 8.96. The Bertz CT molecular complexity index is 672. The van der Waals surface area contributed by atoms with Crippen molar-refractivity contribution in [3.05, 3.63) is 0 Å². The second kappa shape index (κ2) is 11.2. The molecule has 1 saturated heterocycles. The Morgan fingerprint density at radius 3 is 2.37 bits per heavy atom. The first-order chi connectivity index (χ1) is 14.2. The Morgan fingerprint density at radius 1 is 1.10 bits per heavy atom. The van der Waals surface area contributed by atoms with Gasteiger partial charge in [0.2, 0.25) is 5.96 Å². The fourth-order valence-electron chi connectivity index (χ4n) is 3.43. The van der Waals surface area contributed by atoms with Crippen LogP contribution in [0.15, 0.2) is 9.98 Å². The van der Waals surface area contributed by atoms with E-state index < -0.39 is 36.2 Å². The average Bonchev–Trinajstić information content (AvgIpc) is 3.04. The lowest BCUT2D eigenvalue weighted by Crippen LogP contribution is -2.42. The molecule has 0 saturated carbocycles. The number of nitrogens with zero attached hydrogens (tertiary/aromatic N) is 3. The van der Waals surface area contributed by atoms with Crippen LogP contribution in [0.5, 0.6) is 0 Å². The topological polar surface area (TPSA) is 207 Å². The number of nitrogens with two attached hydrogens (primary N) is 2. The predicted molar refractivity (Wildman–Crippen MR) is 109 cm³/mol. The molecule has 2 heterocycles. The molecule has 0 aromatic carbocycles. The van der Waals surface area contributed by atoms with Crippen molar-refractivity contribution < 1.29 is 30.0 Å². The van der Waals surface area contributed by atoms with Crippen LogP contribution in [0, 0.1) is 0 Å². The number of rotatable bonds is 11. The summed E-state index contributed by atoms with van der Waals surface area (Å²) in [5, 5.41) is 41.1. The lowest BCUT2D eigenvalue weighted by molar-refractivity contribution is -0.139. The van der Waals surface area contributed by atoms with Crippen molar-refractivity contribution in [2.24, 2.45) is 21.5 Å². The van der Waals surface area contributed by atoms with Crippen molar-refractivity contribution >= 4 is 23.7 Å². The summed E-state index contributed by atoms with van der Waals surface area (Å²) in [6.07, 6.45) is 0.889. The molecule has 0 aromatic rings. The van der Waals surface area contributed by atoms with E-state index in [4.69, 9.17) is 21.7 Å². The molecule has 2 unspecified atom stereocenters. The molecule has 12 nitrogen and oxygen atoms in total. The van der Waals surface area contributed by atoms with Crippen LogP contribution in [0.1, 0.15) is 38.5 Å². The van der Waals surface area contributed by atoms with E-state index in [0.29, 0.717) is 57.0 Å². The summed E-state index contributed by atoms with van der Waals surface area (Å²) in [5.41, 5.74) is 11.0. The number of amidine groups is 1. The number of likely N-dealkylation sites (tertiary alicyclic amines) is 1. The minimum absolute atomic E-state index is 0.212. The second-order valence-corrected chi connectivity index (χ2v) is 7.72. The SMILES string of the molecule is NC(CCCCN1[13CH2][C@H](O)[C@@H](O)C[C@H]2NC(=NCCCC(N)C(=O)O)N=C21)C(=O)O. The van der Waals surface area contributed by atoms with E-state index in [1.807, 2.05) is 4.90 Å². The minimum Gasteiger partial charge on any atom is -0.480 e. The van der Waals surface area contributed by atoms with Crippen molar-refractivity contribution in [2.45, 2.75) is 68.9 Å². The zero-order valence-electron chi connectivity index (χ0n) is 16.9. The average molecular weight is 429 g/mol. The molecule has 5 atom stereocenters.